The van der Waals surface area contributed by atoms with E-state index in [2.05, 4.69) is 42.5 Å². The van der Waals surface area contributed by atoms with Gasteiger partial charge in [0.15, 0.2) is 12.6 Å². The van der Waals surface area contributed by atoms with Gasteiger partial charge >= 0.3 is 11.9 Å². The number of carboxylic acid groups (broad SMARTS) is 2. The molecule has 3 heterocycles. The van der Waals surface area contributed by atoms with E-state index in [0.29, 0.717) is 12.8 Å². The van der Waals surface area contributed by atoms with Gasteiger partial charge in [-0.2, -0.15) is 0 Å². The first-order valence-corrected chi connectivity index (χ1v) is 29.9. The summed E-state index contributed by atoms with van der Waals surface area (Å²) in [6.45, 7) is 5.44. The van der Waals surface area contributed by atoms with Crippen LogP contribution in [0, 0.1) is 5.92 Å². The van der Waals surface area contributed by atoms with Gasteiger partial charge in [0, 0.05) is 13.0 Å². The van der Waals surface area contributed by atoms with Crippen LogP contribution in [0.1, 0.15) is 99.3 Å². The van der Waals surface area contributed by atoms with Crippen LogP contribution in [0.4, 0.5) is 0 Å². The summed E-state index contributed by atoms with van der Waals surface area (Å²) >= 11 is 0. The third-order valence-electron chi connectivity index (χ3n) is 15.2. The summed E-state index contributed by atoms with van der Waals surface area (Å²) in [6, 6.07) is -15.1. The fraction of sp³-hybridized carbons (Fsp3) is 0.778. The number of carbonyl (C=O) groups excluding carboxylic acids is 10. The molecule has 0 spiro atoms. The van der Waals surface area contributed by atoms with Crippen molar-refractivity contribution in [3.63, 3.8) is 0 Å². The van der Waals surface area contributed by atoms with Crippen LogP contribution in [0.25, 0.3) is 0 Å². The van der Waals surface area contributed by atoms with Gasteiger partial charge in [0.25, 0.3) is 0 Å². The molecule has 524 valence electrons. The molecule has 21 atom stereocenters. The van der Waals surface area contributed by atoms with E-state index < -0.39 is 238 Å². The van der Waals surface area contributed by atoms with Crippen molar-refractivity contribution in [2.75, 3.05) is 32.8 Å². The van der Waals surface area contributed by atoms with Crippen LogP contribution in [0.15, 0.2) is 0 Å². The Labute approximate surface area is 528 Å². The highest BCUT2D eigenvalue weighted by molar-refractivity contribution is 5.99. The standard InChI is InChI=1S/C54H92N12O26/c1-21(2)16-28(47(82)58-22(3)44(79)62-27(52(87)88)10-7-8-14-55)63-46(81)26(12-13-35(71)72)61-50(85)36(24(5)89-53-42(77)40(75)38(73)31(19-67)91-53)64-49(84)30-11-9-15-66(30)51(86)37(25(6)90-54-43(78)41(76)39(74)32(20-68)92-54)65-45(80)23(4)59-48(83)29(17-33(57)69)60-34(70)18-56/h21-32,36-43,53-54,67-68,73-78H,7-20,55-56H2,1-6H3,(H2,57,69)(H,58,82)(H,59,83)(H,60,70)(H,61,85)(H,62,79)(H,63,81)(H,64,84)(H,65,80)(H,71,72)(H,87,88)/t22-,23-,24+,25+,26-,27-,28-,29-,30-,31?,32?,36-,37-,38?,39?,40?,41?,42?,43?,53?,54?/m0/s1. The summed E-state index contributed by atoms with van der Waals surface area (Å²) in [7, 11) is 0. The van der Waals surface area contributed by atoms with E-state index in [1.807, 2.05) is 0 Å². The van der Waals surface area contributed by atoms with Crippen molar-refractivity contribution in [1.82, 2.24) is 47.4 Å². The lowest BCUT2D eigenvalue weighted by Crippen LogP contribution is -2.64. The normalized spacial score (nSPS) is 26.4. The molecule has 0 radical (unpaired) electrons. The Kier molecular flexibility index (Phi) is 32.5. The highest BCUT2D eigenvalue weighted by atomic mass is 16.7. The van der Waals surface area contributed by atoms with Gasteiger partial charge in [-0.3, -0.25) is 52.7 Å². The predicted octanol–water partition coefficient (Wildman–Crippen LogP) is -10.7. The lowest BCUT2D eigenvalue weighted by atomic mass is 9.99. The lowest BCUT2D eigenvalue weighted by Gasteiger charge is -2.41. The zero-order valence-electron chi connectivity index (χ0n) is 51.8. The molecule has 3 saturated heterocycles. The SMILES string of the molecule is CC(C)C[C@H](NC(=O)[C@H](CCC(=O)O)NC(=O)[C@@H](NC(=O)[C@@H]1CCCN1C(=O)[C@@H](NC(=O)[C@H](C)NC(=O)[C@H](CC(N)=O)NC(=O)CN)[C@@H](C)OC1OC(CO)C(O)C(O)C1O)[C@@H](C)OC1OC(CO)C(O)C(O)C1O)C(=O)N[C@@H](C)C(=O)N[C@@H](CCCCN)C(=O)O. The molecule has 10 unspecified atom stereocenters. The van der Waals surface area contributed by atoms with Crippen molar-refractivity contribution in [1.29, 1.82) is 0 Å². The molecule has 24 N–H and O–H groups in total. The molecular weight excluding hydrogens is 1230 g/mol. The summed E-state index contributed by atoms with van der Waals surface area (Å²) in [5.41, 5.74) is 16.1. The molecule has 10 amide bonds. The Morgan fingerprint density at radius 2 is 1.04 bits per heavy atom. The van der Waals surface area contributed by atoms with Gasteiger partial charge in [-0.15, -0.1) is 0 Å². The fourth-order valence-corrected chi connectivity index (χ4v) is 9.97. The van der Waals surface area contributed by atoms with Crippen LogP contribution < -0.4 is 59.7 Å². The van der Waals surface area contributed by atoms with Crippen LogP contribution in [-0.4, -0.2) is 288 Å². The van der Waals surface area contributed by atoms with Gasteiger partial charge in [0.2, 0.25) is 59.1 Å². The number of aliphatic carboxylic acids is 2. The monoisotopic (exact) mass is 1320 g/mol. The largest absolute Gasteiger partial charge is 0.481 e. The van der Waals surface area contributed by atoms with Crippen molar-refractivity contribution in [3.8, 4) is 0 Å². The molecule has 3 fully saturated rings. The number of nitrogens with zero attached hydrogens (tertiary/aromatic N) is 1. The highest BCUT2D eigenvalue weighted by Gasteiger charge is 2.49. The molecule has 3 aliphatic rings. The molecule has 0 bridgehead atoms. The number of nitrogens with one attached hydrogen (secondary N) is 8. The van der Waals surface area contributed by atoms with E-state index in [1.165, 1.54) is 6.92 Å². The minimum absolute atomic E-state index is 0.0168. The number of carboxylic acids is 2. The number of primary amides is 1. The number of amides is 10. The Balaban J connectivity index is 2.08. The van der Waals surface area contributed by atoms with Gasteiger partial charge < -0.3 is 135 Å². The van der Waals surface area contributed by atoms with Crippen molar-refractivity contribution < 1.29 is 128 Å². The molecule has 0 aliphatic carbocycles. The summed E-state index contributed by atoms with van der Waals surface area (Å²) in [6.07, 6.45) is -24.2. The van der Waals surface area contributed by atoms with Crippen LogP contribution in [0.5, 0.6) is 0 Å². The first kappa shape index (κ1) is 79.3. The van der Waals surface area contributed by atoms with Crippen LogP contribution in [-0.2, 0) is 76.5 Å². The summed E-state index contributed by atoms with van der Waals surface area (Å²) in [5.74, 6) is -14.2. The number of rotatable bonds is 37. The fourth-order valence-electron chi connectivity index (χ4n) is 9.97. The molecule has 38 nitrogen and oxygen atoms in total. The zero-order chi connectivity index (χ0) is 69.6. The van der Waals surface area contributed by atoms with E-state index in [-0.39, 0.29) is 44.7 Å². The van der Waals surface area contributed by atoms with Crippen molar-refractivity contribution >= 4 is 71.0 Å². The smallest absolute Gasteiger partial charge is 0.326 e. The van der Waals surface area contributed by atoms with E-state index in [0.717, 1.165) is 25.7 Å². The number of nitrogens with two attached hydrogens (primary N) is 3. The highest BCUT2D eigenvalue weighted by Crippen LogP contribution is 2.27. The maximum absolute atomic E-state index is 15.0. The molecule has 3 rings (SSSR count). The van der Waals surface area contributed by atoms with Gasteiger partial charge in [-0.1, -0.05) is 13.8 Å². The average molecular weight is 1330 g/mol. The number of unbranched alkanes of at least 4 members (excludes halogenated alkanes) is 1. The zero-order valence-corrected chi connectivity index (χ0v) is 51.8. The maximum atomic E-state index is 15.0. The summed E-state index contributed by atoms with van der Waals surface area (Å²) in [5, 5.41) is 122. The van der Waals surface area contributed by atoms with Gasteiger partial charge in [0.05, 0.1) is 38.4 Å². The number of hydrogen-bond acceptors (Lipinski definition) is 26. The predicted molar refractivity (Wildman–Crippen MR) is 310 cm³/mol. The molecule has 3 aliphatic heterocycles. The van der Waals surface area contributed by atoms with Crippen LogP contribution in [0.3, 0.4) is 0 Å². The second-order valence-electron chi connectivity index (χ2n) is 23.1. The number of aliphatic hydroxyl groups excluding tert-OH is 8. The Morgan fingerprint density at radius 3 is 1.52 bits per heavy atom. The second-order valence-corrected chi connectivity index (χ2v) is 23.1. The van der Waals surface area contributed by atoms with Crippen molar-refractivity contribution in [2.24, 2.45) is 23.1 Å². The first-order valence-electron chi connectivity index (χ1n) is 29.9. The lowest BCUT2D eigenvalue weighted by molar-refractivity contribution is -0.311. The second kappa shape index (κ2) is 37.7. The Morgan fingerprint density at radius 1 is 0.554 bits per heavy atom. The minimum atomic E-state index is -2.10. The number of ether oxygens (including phenoxy) is 4. The number of carbonyl (C=O) groups is 12. The third-order valence-corrected chi connectivity index (χ3v) is 15.2. The van der Waals surface area contributed by atoms with E-state index in [9.17, 15) is 109 Å². The van der Waals surface area contributed by atoms with Crippen LogP contribution >= 0.6 is 0 Å². The molecule has 38 heteroatoms. The molecule has 0 aromatic rings. The van der Waals surface area contributed by atoms with Gasteiger partial charge in [-0.25, -0.2) is 4.79 Å². The average Bonchev–Trinajstić information content (AvgIpc) is 1.26. The number of likely N-dealkylation sites (tertiary alicyclic amines) is 1. The molecule has 0 aromatic heterocycles. The van der Waals surface area contributed by atoms with Gasteiger partial charge in [-0.05, 0) is 85.1 Å². The van der Waals surface area contributed by atoms with Crippen molar-refractivity contribution in [2.45, 2.75) is 227 Å². The summed E-state index contributed by atoms with van der Waals surface area (Å²) < 4.78 is 22.6. The quantitative estimate of drug-likeness (QED) is 0.0257. The van der Waals surface area contributed by atoms with E-state index in [1.54, 1.807) is 13.8 Å². The third kappa shape index (κ3) is 23.3. The van der Waals surface area contributed by atoms with Gasteiger partial charge in [0.1, 0.15) is 103 Å². The topological polar surface area (TPSA) is 622 Å². The summed E-state index contributed by atoms with van der Waals surface area (Å²) in [4.78, 5) is 162. The number of aliphatic hydroxyl groups is 8. The van der Waals surface area contributed by atoms with Crippen molar-refractivity contribution in [3.05, 3.63) is 0 Å². The first-order chi connectivity index (χ1) is 43.1. The molecule has 0 saturated carbocycles. The van der Waals surface area contributed by atoms with Crippen LogP contribution in [0.2, 0.25) is 0 Å². The van der Waals surface area contributed by atoms with E-state index in [4.69, 9.17) is 36.1 Å². The molecule has 0 aromatic carbocycles. The number of hydrogen-bond donors (Lipinski definition) is 21. The molecule has 92 heavy (non-hydrogen) atoms. The molecular formula is C54H92N12O26. The maximum Gasteiger partial charge on any atom is 0.326 e. The Bertz CT molecular complexity index is 2540. The Hall–Kier alpha value is -6.92. The minimum Gasteiger partial charge on any atom is -0.481 e. The van der Waals surface area contributed by atoms with E-state index >= 15 is 0 Å².